The number of nitrogens with one attached hydrogen (secondary N) is 1. The lowest BCUT2D eigenvalue weighted by Gasteiger charge is -2.31. The standard InChI is InChI=1S/C29H28N4O3/c1-20-8-5-6-11-24(20)18-30-27(34)22-15-13-21(14-16-22)26-31-28(36-32-26)25-12-7-17-33(19-25)29(35)23-9-3-2-4-10-23/h2-6,8-11,13-16,25H,7,12,17-19H2,1H3,(H,30,34)/t25-/m1/s1. The van der Waals surface area contributed by atoms with E-state index < -0.39 is 0 Å². The molecule has 1 aliphatic rings. The first kappa shape index (κ1) is 23.5. The first-order chi connectivity index (χ1) is 17.6. The normalized spacial score (nSPS) is 15.5. The summed E-state index contributed by atoms with van der Waals surface area (Å²) in [6.45, 7) is 3.78. The molecule has 1 fully saturated rings. The van der Waals surface area contributed by atoms with E-state index in [1.165, 1.54) is 0 Å². The number of hydrogen-bond donors (Lipinski definition) is 1. The summed E-state index contributed by atoms with van der Waals surface area (Å²) in [5.41, 5.74) is 4.26. The molecule has 7 heteroatoms. The molecule has 1 saturated heterocycles. The molecule has 5 rings (SSSR count). The number of rotatable bonds is 6. The Balaban J connectivity index is 1.22. The maximum absolute atomic E-state index is 12.9. The summed E-state index contributed by atoms with van der Waals surface area (Å²) in [5, 5.41) is 7.13. The van der Waals surface area contributed by atoms with Crippen molar-refractivity contribution in [1.82, 2.24) is 20.4 Å². The molecular formula is C29H28N4O3. The fraction of sp³-hybridized carbons (Fsp3) is 0.241. The van der Waals surface area contributed by atoms with Crippen molar-refractivity contribution in [2.75, 3.05) is 13.1 Å². The molecule has 1 aromatic heterocycles. The summed E-state index contributed by atoms with van der Waals surface area (Å²) in [6.07, 6.45) is 1.77. The number of likely N-dealkylation sites (tertiary alicyclic amines) is 1. The van der Waals surface area contributed by atoms with Crippen molar-refractivity contribution in [2.45, 2.75) is 32.2 Å². The summed E-state index contributed by atoms with van der Waals surface area (Å²) in [6, 6.07) is 24.5. The molecule has 7 nitrogen and oxygen atoms in total. The van der Waals surface area contributed by atoms with Gasteiger partial charge in [0.1, 0.15) is 0 Å². The SMILES string of the molecule is Cc1ccccc1CNC(=O)c1ccc(-c2noc([C@@H]3CCCN(C(=O)c4ccccc4)C3)n2)cc1. The summed E-state index contributed by atoms with van der Waals surface area (Å²) >= 11 is 0. The van der Waals surface area contributed by atoms with Gasteiger partial charge in [-0.15, -0.1) is 0 Å². The Hall–Kier alpha value is -4.26. The van der Waals surface area contributed by atoms with E-state index in [1.807, 2.05) is 78.6 Å². The highest BCUT2D eigenvalue weighted by molar-refractivity contribution is 5.95. The monoisotopic (exact) mass is 480 g/mol. The van der Waals surface area contributed by atoms with Gasteiger partial charge in [0, 0.05) is 36.3 Å². The molecular weight excluding hydrogens is 452 g/mol. The number of aryl methyl sites for hydroxylation is 1. The van der Waals surface area contributed by atoms with Crippen LogP contribution < -0.4 is 5.32 Å². The lowest BCUT2D eigenvalue weighted by Crippen LogP contribution is -2.39. The summed E-state index contributed by atoms with van der Waals surface area (Å²) in [4.78, 5) is 31.9. The van der Waals surface area contributed by atoms with Crippen molar-refractivity contribution in [3.63, 3.8) is 0 Å². The van der Waals surface area contributed by atoms with E-state index in [0.29, 0.717) is 35.9 Å². The molecule has 2 amide bonds. The van der Waals surface area contributed by atoms with Gasteiger partial charge in [0.2, 0.25) is 11.7 Å². The molecule has 1 atom stereocenters. The second kappa shape index (κ2) is 10.6. The Bertz CT molecular complexity index is 1350. The van der Waals surface area contributed by atoms with Crippen LogP contribution in [0.15, 0.2) is 83.4 Å². The zero-order chi connectivity index (χ0) is 24.9. The number of piperidine rings is 1. The molecule has 0 aliphatic carbocycles. The third-order valence-corrected chi connectivity index (χ3v) is 6.63. The Morgan fingerprint density at radius 2 is 1.72 bits per heavy atom. The lowest BCUT2D eigenvalue weighted by molar-refractivity contribution is 0.0695. The number of carbonyl (C=O) groups excluding carboxylic acids is 2. The second-order valence-electron chi connectivity index (χ2n) is 9.10. The fourth-order valence-corrected chi connectivity index (χ4v) is 4.50. The first-order valence-corrected chi connectivity index (χ1v) is 12.2. The fourth-order valence-electron chi connectivity index (χ4n) is 4.50. The minimum Gasteiger partial charge on any atom is -0.348 e. The van der Waals surface area contributed by atoms with Crippen LogP contribution in [0.1, 0.15) is 56.5 Å². The van der Waals surface area contributed by atoms with Crippen LogP contribution in [0, 0.1) is 6.92 Å². The molecule has 0 bridgehead atoms. The van der Waals surface area contributed by atoms with E-state index in [9.17, 15) is 9.59 Å². The highest BCUT2D eigenvalue weighted by atomic mass is 16.5. The van der Waals surface area contributed by atoms with Crippen LogP contribution in [0.2, 0.25) is 0 Å². The van der Waals surface area contributed by atoms with E-state index in [-0.39, 0.29) is 17.7 Å². The molecule has 4 aromatic rings. The molecule has 2 heterocycles. The number of aromatic nitrogens is 2. The van der Waals surface area contributed by atoms with Crippen LogP contribution in [-0.2, 0) is 6.54 Å². The molecule has 0 radical (unpaired) electrons. The average Bonchev–Trinajstić information content (AvgIpc) is 3.43. The zero-order valence-electron chi connectivity index (χ0n) is 20.2. The van der Waals surface area contributed by atoms with Gasteiger partial charge in [-0.25, -0.2) is 0 Å². The minimum absolute atomic E-state index is 0.000781. The number of hydrogen-bond acceptors (Lipinski definition) is 5. The molecule has 0 unspecified atom stereocenters. The Morgan fingerprint density at radius 3 is 2.50 bits per heavy atom. The maximum atomic E-state index is 12.9. The van der Waals surface area contributed by atoms with E-state index in [1.54, 1.807) is 12.1 Å². The van der Waals surface area contributed by atoms with E-state index in [0.717, 1.165) is 36.1 Å². The van der Waals surface area contributed by atoms with Crippen LogP contribution in [0.5, 0.6) is 0 Å². The van der Waals surface area contributed by atoms with E-state index >= 15 is 0 Å². The lowest BCUT2D eigenvalue weighted by atomic mass is 9.97. The topological polar surface area (TPSA) is 88.3 Å². The molecule has 3 aromatic carbocycles. The van der Waals surface area contributed by atoms with Crippen molar-refractivity contribution >= 4 is 11.8 Å². The number of nitrogens with zero attached hydrogens (tertiary/aromatic N) is 3. The zero-order valence-corrected chi connectivity index (χ0v) is 20.2. The predicted octanol–water partition coefficient (Wildman–Crippen LogP) is 4.99. The summed E-state index contributed by atoms with van der Waals surface area (Å²) in [5.74, 6) is 0.901. The summed E-state index contributed by atoms with van der Waals surface area (Å²) in [7, 11) is 0. The van der Waals surface area contributed by atoms with Crippen molar-refractivity contribution in [3.8, 4) is 11.4 Å². The number of amides is 2. The van der Waals surface area contributed by atoms with Gasteiger partial charge in [0.15, 0.2) is 0 Å². The number of benzene rings is 3. The highest BCUT2D eigenvalue weighted by Crippen LogP contribution is 2.28. The van der Waals surface area contributed by atoms with Crippen LogP contribution in [-0.4, -0.2) is 39.9 Å². The third kappa shape index (κ3) is 5.20. The highest BCUT2D eigenvalue weighted by Gasteiger charge is 2.29. The van der Waals surface area contributed by atoms with Gasteiger partial charge in [-0.05, 0) is 55.2 Å². The largest absolute Gasteiger partial charge is 0.348 e. The van der Waals surface area contributed by atoms with Gasteiger partial charge in [0.05, 0.1) is 5.92 Å². The quantitative estimate of drug-likeness (QED) is 0.420. The van der Waals surface area contributed by atoms with Gasteiger partial charge in [-0.3, -0.25) is 9.59 Å². The molecule has 0 spiro atoms. The first-order valence-electron chi connectivity index (χ1n) is 12.2. The third-order valence-electron chi connectivity index (χ3n) is 6.63. The van der Waals surface area contributed by atoms with Crippen LogP contribution in [0.3, 0.4) is 0 Å². The Labute approximate surface area is 210 Å². The Morgan fingerprint density at radius 1 is 0.972 bits per heavy atom. The van der Waals surface area contributed by atoms with Crippen molar-refractivity contribution in [1.29, 1.82) is 0 Å². The molecule has 1 aliphatic heterocycles. The van der Waals surface area contributed by atoms with Gasteiger partial charge >= 0.3 is 0 Å². The van der Waals surface area contributed by atoms with Crippen molar-refractivity contribution < 1.29 is 14.1 Å². The van der Waals surface area contributed by atoms with E-state index in [4.69, 9.17) is 4.52 Å². The van der Waals surface area contributed by atoms with Crippen LogP contribution >= 0.6 is 0 Å². The van der Waals surface area contributed by atoms with Gasteiger partial charge in [-0.1, -0.05) is 59.8 Å². The van der Waals surface area contributed by atoms with Gasteiger partial charge < -0.3 is 14.7 Å². The van der Waals surface area contributed by atoms with Gasteiger partial charge in [0.25, 0.3) is 11.8 Å². The Kier molecular flexibility index (Phi) is 6.89. The predicted molar refractivity (Wildman–Crippen MR) is 136 cm³/mol. The molecule has 182 valence electrons. The second-order valence-corrected chi connectivity index (χ2v) is 9.10. The van der Waals surface area contributed by atoms with E-state index in [2.05, 4.69) is 15.5 Å². The van der Waals surface area contributed by atoms with Crippen molar-refractivity contribution in [3.05, 3.63) is 107 Å². The summed E-state index contributed by atoms with van der Waals surface area (Å²) < 4.78 is 5.59. The number of carbonyl (C=O) groups is 2. The molecule has 0 saturated carbocycles. The van der Waals surface area contributed by atoms with Crippen LogP contribution in [0.4, 0.5) is 0 Å². The van der Waals surface area contributed by atoms with Crippen LogP contribution in [0.25, 0.3) is 11.4 Å². The van der Waals surface area contributed by atoms with Crippen molar-refractivity contribution in [2.24, 2.45) is 0 Å². The molecule has 1 N–H and O–H groups in total. The maximum Gasteiger partial charge on any atom is 0.253 e. The average molecular weight is 481 g/mol. The molecule has 36 heavy (non-hydrogen) atoms. The smallest absolute Gasteiger partial charge is 0.253 e. The minimum atomic E-state index is -0.135. The van der Waals surface area contributed by atoms with Gasteiger partial charge in [-0.2, -0.15) is 4.98 Å².